The van der Waals surface area contributed by atoms with Crippen molar-refractivity contribution in [1.82, 2.24) is 0 Å². The summed E-state index contributed by atoms with van der Waals surface area (Å²) in [7, 11) is 0. The van der Waals surface area contributed by atoms with Gasteiger partial charge in [-0.1, -0.05) is 27.4 Å². The molecule has 0 aromatic carbocycles. The summed E-state index contributed by atoms with van der Waals surface area (Å²) in [6, 6.07) is 0. The number of carbonyl (C=O) groups is 2. The molecule has 0 aromatic rings. The lowest BCUT2D eigenvalue weighted by Crippen LogP contribution is -2.38. The van der Waals surface area contributed by atoms with E-state index in [2.05, 4.69) is 6.58 Å². The van der Waals surface area contributed by atoms with Crippen molar-refractivity contribution in [2.45, 2.75) is 34.6 Å². The average Bonchev–Trinajstić information content (AvgIpc) is 2.12. The van der Waals surface area contributed by atoms with E-state index in [1.807, 2.05) is 0 Å². The molecule has 1 unspecified atom stereocenters. The van der Waals surface area contributed by atoms with Crippen molar-refractivity contribution in [3.63, 3.8) is 0 Å². The van der Waals surface area contributed by atoms with E-state index in [4.69, 9.17) is 9.47 Å². The molecule has 0 fully saturated rings. The molecule has 98 valence electrons. The second-order valence-electron chi connectivity index (χ2n) is 5.12. The molecule has 4 nitrogen and oxygen atoms in total. The molecule has 0 saturated carbocycles. The van der Waals surface area contributed by atoms with Gasteiger partial charge in [0.25, 0.3) is 0 Å². The van der Waals surface area contributed by atoms with Gasteiger partial charge in [-0.2, -0.15) is 0 Å². The van der Waals surface area contributed by atoms with Crippen molar-refractivity contribution in [3.8, 4) is 0 Å². The van der Waals surface area contributed by atoms with Crippen LogP contribution in [0.3, 0.4) is 0 Å². The van der Waals surface area contributed by atoms with Crippen LogP contribution in [0.25, 0.3) is 0 Å². The van der Waals surface area contributed by atoms with Gasteiger partial charge in [-0.3, -0.25) is 9.59 Å². The van der Waals surface area contributed by atoms with Crippen LogP contribution in [0.15, 0.2) is 12.2 Å². The molecule has 0 amide bonds. The predicted molar refractivity (Wildman–Crippen MR) is 65.4 cm³/mol. The molecule has 1 atom stereocenters. The largest absolute Gasteiger partial charge is 0.465 e. The van der Waals surface area contributed by atoms with Crippen LogP contribution >= 0.6 is 0 Å². The second kappa shape index (κ2) is 6.42. The Morgan fingerprint density at radius 3 is 2.00 bits per heavy atom. The molecule has 17 heavy (non-hydrogen) atoms. The van der Waals surface area contributed by atoms with Crippen LogP contribution in [0.1, 0.15) is 34.6 Å². The van der Waals surface area contributed by atoms with Crippen LogP contribution in [0, 0.1) is 11.3 Å². The number of carbonyl (C=O) groups excluding carboxylic acids is 2. The van der Waals surface area contributed by atoms with E-state index in [9.17, 15) is 9.59 Å². The summed E-state index contributed by atoms with van der Waals surface area (Å²) in [5, 5.41) is 0. The maximum Gasteiger partial charge on any atom is 0.321 e. The van der Waals surface area contributed by atoms with Gasteiger partial charge in [-0.15, -0.1) is 0 Å². The first kappa shape index (κ1) is 15.7. The number of esters is 2. The van der Waals surface area contributed by atoms with Crippen molar-refractivity contribution in [2.24, 2.45) is 11.3 Å². The smallest absolute Gasteiger partial charge is 0.321 e. The van der Waals surface area contributed by atoms with Gasteiger partial charge < -0.3 is 9.47 Å². The highest BCUT2D eigenvalue weighted by molar-refractivity contribution is 5.95. The predicted octanol–water partition coefficient (Wildman–Crippen LogP) is 2.33. The number of rotatable bonds is 5. The van der Waals surface area contributed by atoms with Crippen LogP contribution in [-0.4, -0.2) is 25.2 Å². The lowest BCUT2D eigenvalue weighted by Gasteiger charge is -2.26. The van der Waals surface area contributed by atoms with Crippen LogP contribution in [-0.2, 0) is 19.1 Å². The fraction of sp³-hybridized carbons (Fsp3) is 0.692. The average molecular weight is 242 g/mol. The Balaban J connectivity index is 4.75. The molecule has 0 rings (SSSR count). The molecular weight excluding hydrogens is 220 g/mol. The highest BCUT2D eigenvalue weighted by atomic mass is 16.6. The molecule has 0 aliphatic carbocycles. The van der Waals surface area contributed by atoms with E-state index < -0.39 is 23.3 Å². The number of hydrogen-bond donors (Lipinski definition) is 0. The van der Waals surface area contributed by atoms with Crippen molar-refractivity contribution < 1.29 is 19.1 Å². The summed E-state index contributed by atoms with van der Waals surface area (Å²) < 4.78 is 9.92. The van der Waals surface area contributed by atoms with E-state index in [1.54, 1.807) is 34.6 Å². The minimum Gasteiger partial charge on any atom is -0.465 e. The summed E-state index contributed by atoms with van der Waals surface area (Å²) in [4.78, 5) is 23.6. The van der Waals surface area contributed by atoms with E-state index >= 15 is 0 Å². The molecule has 0 spiro atoms. The Bertz CT molecular complexity index is 299. The first-order chi connectivity index (χ1) is 7.70. The summed E-state index contributed by atoms with van der Waals surface area (Å²) in [5.74, 6) is -1.99. The lowest BCUT2D eigenvalue weighted by molar-refractivity contribution is -0.166. The third kappa shape index (κ3) is 5.52. The quantitative estimate of drug-likeness (QED) is 0.422. The molecule has 4 heteroatoms. The van der Waals surface area contributed by atoms with Gasteiger partial charge in [-0.25, -0.2) is 0 Å². The van der Waals surface area contributed by atoms with E-state index in [1.165, 1.54) is 0 Å². The maximum atomic E-state index is 11.8. The lowest BCUT2D eigenvalue weighted by atomic mass is 9.81. The fourth-order valence-electron chi connectivity index (χ4n) is 1.31. The third-order valence-electron chi connectivity index (χ3n) is 2.08. The molecule has 0 aliphatic heterocycles. The SMILES string of the molecule is C=C(C)COC(=O)C(C(=O)OCC)C(C)(C)C. The van der Waals surface area contributed by atoms with Gasteiger partial charge in [0.1, 0.15) is 6.61 Å². The Kier molecular flexibility index (Phi) is 5.93. The fourth-order valence-corrected chi connectivity index (χ4v) is 1.31. The van der Waals surface area contributed by atoms with Crippen molar-refractivity contribution in [2.75, 3.05) is 13.2 Å². The zero-order valence-corrected chi connectivity index (χ0v) is 11.3. The summed E-state index contributed by atoms with van der Waals surface area (Å²) in [5.41, 5.74) is 0.202. The molecular formula is C13H22O4. The normalized spacial score (nSPS) is 12.8. The van der Waals surface area contributed by atoms with Crippen LogP contribution in [0.5, 0.6) is 0 Å². The first-order valence-corrected chi connectivity index (χ1v) is 5.67. The van der Waals surface area contributed by atoms with Gasteiger partial charge in [-0.05, 0) is 24.8 Å². The van der Waals surface area contributed by atoms with E-state index in [-0.39, 0.29) is 13.2 Å². The summed E-state index contributed by atoms with van der Waals surface area (Å²) >= 11 is 0. The molecule has 0 aromatic heterocycles. The molecule has 0 heterocycles. The van der Waals surface area contributed by atoms with Gasteiger partial charge in [0, 0.05) is 0 Å². The zero-order valence-electron chi connectivity index (χ0n) is 11.3. The van der Waals surface area contributed by atoms with Crippen molar-refractivity contribution in [1.29, 1.82) is 0 Å². The molecule has 0 radical (unpaired) electrons. The Labute approximate surface area is 103 Å². The molecule has 0 bridgehead atoms. The highest BCUT2D eigenvalue weighted by Crippen LogP contribution is 2.28. The Morgan fingerprint density at radius 2 is 1.65 bits per heavy atom. The van der Waals surface area contributed by atoms with Crippen LogP contribution in [0.2, 0.25) is 0 Å². The van der Waals surface area contributed by atoms with E-state index in [0.717, 1.165) is 5.57 Å². The Hall–Kier alpha value is -1.32. The third-order valence-corrected chi connectivity index (χ3v) is 2.08. The topological polar surface area (TPSA) is 52.6 Å². The molecule has 0 saturated heterocycles. The zero-order chi connectivity index (χ0) is 13.6. The van der Waals surface area contributed by atoms with Crippen molar-refractivity contribution in [3.05, 3.63) is 12.2 Å². The number of ether oxygens (including phenoxy) is 2. The Morgan fingerprint density at radius 1 is 1.18 bits per heavy atom. The standard InChI is InChI=1S/C13H22O4/c1-7-16-11(14)10(13(4,5)6)12(15)17-8-9(2)3/h10H,2,7-8H2,1,3-6H3. The monoisotopic (exact) mass is 242 g/mol. The number of hydrogen-bond acceptors (Lipinski definition) is 4. The van der Waals surface area contributed by atoms with Crippen LogP contribution in [0.4, 0.5) is 0 Å². The maximum absolute atomic E-state index is 11.8. The molecule has 0 N–H and O–H groups in total. The van der Waals surface area contributed by atoms with Gasteiger partial charge in [0.15, 0.2) is 5.92 Å². The first-order valence-electron chi connectivity index (χ1n) is 5.67. The highest BCUT2D eigenvalue weighted by Gasteiger charge is 2.40. The molecule has 0 aliphatic rings. The van der Waals surface area contributed by atoms with Gasteiger partial charge in [0.05, 0.1) is 6.61 Å². The van der Waals surface area contributed by atoms with Crippen LogP contribution < -0.4 is 0 Å². The summed E-state index contributed by atoms with van der Waals surface area (Å²) in [6.07, 6.45) is 0. The van der Waals surface area contributed by atoms with Gasteiger partial charge in [0.2, 0.25) is 0 Å². The minimum atomic E-state index is -0.901. The van der Waals surface area contributed by atoms with E-state index in [0.29, 0.717) is 0 Å². The van der Waals surface area contributed by atoms with Gasteiger partial charge >= 0.3 is 11.9 Å². The van der Waals surface area contributed by atoms with Crippen molar-refractivity contribution >= 4 is 11.9 Å². The second-order valence-corrected chi connectivity index (χ2v) is 5.12. The minimum absolute atomic E-state index is 0.130. The summed E-state index contributed by atoms with van der Waals surface area (Å²) in [6.45, 7) is 12.9.